The molecule has 5 heterocycles. The minimum Gasteiger partial charge on any atom is -0.457 e. The van der Waals surface area contributed by atoms with Gasteiger partial charge in [0.15, 0.2) is 17.5 Å². The first-order valence-corrected chi connectivity index (χ1v) is 23.8. The van der Waals surface area contributed by atoms with Gasteiger partial charge in [-0.15, -0.1) is 0 Å². The van der Waals surface area contributed by atoms with Crippen LogP contribution >= 0.6 is 0 Å². The molecule has 6 heteroatoms. The Bertz CT molecular complexity index is 4210. The molecule has 2 aliphatic rings. The molecule has 13 aromatic rings. The highest BCUT2D eigenvalue weighted by molar-refractivity contribution is 6.16. The largest absolute Gasteiger partial charge is 0.457 e. The second-order valence-electron chi connectivity index (χ2n) is 18.3. The third kappa shape index (κ3) is 5.41. The molecule has 70 heavy (non-hydrogen) atoms. The van der Waals surface area contributed by atoms with Crippen molar-refractivity contribution in [2.24, 2.45) is 0 Å². The molecule has 1 unspecified atom stereocenters. The van der Waals surface area contributed by atoms with E-state index >= 15 is 0 Å². The number of nitrogens with zero attached hydrogens (tertiary/aromatic N) is 5. The van der Waals surface area contributed by atoms with Crippen molar-refractivity contribution in [3.8, 4) is 68.2 Å². The summed E-state index contributed by atoms with van der Waals surface area (Å²) in [4.78, 5) is 15.5. The average molecular weight is 894 g/mol. The average Bonchev–Trinajstić information content (AvgIpc) is 3.96. The number of rotatable bonds is 5. The van der Waals surface area contributed by atoms with Gasteiger partial charge in [-0.2, -0.15) is 0 Å². The van der Waals surface area contributed by atoms with E-state index in [2.05, 4.69) is 209 Å². The number of fused-ring (bicyclic) bond motifs is 14. The van der Waals surface area contributed by atoms with Crippen LogP contribution in [0.1, 0.15) is 22.3 Å². The maximum absolute atomic E-state index is 7.08. The van der Waals surface area contributed by atoms with Crippen LogP contribution in [0.3, 0.4) is 0 Å². The summed E-state index contributed by atoms with van der Waals surface area (Å²) in [6.07, 6.45) is 0. The molecule has 326 valence electrons. The molecule has 0 aliphatic carbocycles. The van der Waals surface area contributed by atoms with E-state index in [-0.39, 0.29) is 0 Å². The van der Waals surface area contributed by atoms with E-state index in [9.17, 15) is 0 Å². The van der Waals surface area contributed by atoms with Crippen LogP contribution in [0.4, 0.5) is 0 Å². The van der Waals surface area contributed by atoms with Crippen LogP contribution in [0.5, 0.6) is 11.5 Å². The van der Waals surface area contributed by atoms with Crippen LogP contribution in [-0.2, 0) is 5.41 Å². The summed E-state index contributed by atoms with van der Waals surface area (Å²) in [5.74, 6) is 3.56. The van der Waals surface area contributed by atoms with E-state index in [0.717, 1.165) is 77.9 Å². The second kappa shape index (κ2) is 14.8. The van der Waals surface area contributed by atoms with E-state index in [4.69, 9.17) is 19.7 Å². The Balaban J connectivity index is 0.967. The van der Waals surface area contributed by atoms with Crippen LogP contribution in [0.15, 0.2) is 237 Å². The van der Waals surface area contributed by atoms with Crippen molar-refractivity contribution >= 4 is 43.6 Å². The van der Waals surface area contributed by atoms with Gasteiger partial charge in [-0.3, -0.25) is 0 Å². The topological polar surface area (TPSA) is 57.8 Å². The zero-order chi connectivity index (χ0) is 45.9. The molecule has 0 saturated carbocycles. The van der Waals surface area contributed by atoms with Crippen molar-refractivity contribution in [1.29, 1.82) is 0 Å². The predicted molar refractivity (Wildman–Crippen MR) is 282 cm³/mol. The minimum absolute atomic E-state index is 0.615. The van der Waals surface area contributed by atoms with Crippen molar-refractivity contribution in [3.05, 3.63) is 259 Å². The summed E-state index contributed by atoms with van der Waals surface area (Å²) < 4.78 is 11.9. The van der Waals surface area contributed by atoms with Gasteiger partial charge in [-0.05, 0) is 76.9 Å². The summed E-state index contributed by atoms with van der Waals surface area (Å²) in [5, 5.41) is 4.65. The Morgan fingerprint density at radius 3 is 1.71 bits per heavy atom. The number of ether oxygens (including phenoxy) is 1. The number of hydrogen-bond acceptors (Lipinski definition) is 4. The molecule has 1 atom stereocenters. The van der Waals surface area contributed by atoms with Crippen LogP contribution in [0, 0.1) is 0 Å². The standard InChI is InChI=1S/C64H39N5O/c1-4-18-40(19-5-1)61-65-62(41-20-6-2-7-21-41)67-63(66-61)47-26-17-32-56-59(47)48-38-42(35-37-54(48)68(56)44-22-8-3-9-23-44)43-34-36-51-58(39-43)70-57-33-15-12-28-50(57)64(51)49-27-11-14-31-55(49)69-53-30-13-10-24-45(53)46-25-16-29-52(64)60(46)69/h1-39H. The molecular formula is C64H39N5O. The highest BCUT2D eigenvalue weighted by Crippen LogP contribution is 2.60. The number of para-hydroxylation sites is 5. The summed E-state index contributed by atoms with van der Waals surface area (Å²) in [7, 11) is 0. The first-order chi connectivity index (χ1) is 34.7. The first kappa shape index (κ1) is 38.7. The Labute approximate surface area is 403 Å². The summed E-state index contributed by atoms with van der Waals surface area (Å²) in [5.41, 5.74) is 15.9. The third-order valence-corrected chi connectivity index (χ3v) is 14.6. The van der Waals surface area contributed by atoms with E-state index in [1.807, 2.05) is 36.4 Å². The smallest absolute Gasteiger partial charge is 0.164 e. The van der Waals surface area contributed by atoms with E-state index < -0.39 is 5.41 Å². The lowest BCUT2D eigenvalue weighted by molar-refractivity contribution is 0.434. The predicted octanol–water partition coefficient (Wildman–Crippen LogP) is 15.5. The van der Waals surface area contributed by atoms with E-state index in [1.165, 1.54) is 38.6 Å². The van der Waals surface area contributed by atoms with Crippen molar-refractivity contribution in [1.82, 2.24) is 24.1 Å². The minimum atomic E-state index is -0.646. The molecule has 0 radical (unpaired) electrons. The zero-order valence-electron chi connectivity index (χ0n) is 37.7. The van der Waals surface area contributed by atoms with Gasteiger partial charge in [0.25, 0.3) is 0 Å². The molecule has 10 aromatic carbocycles. The molecule has 15 rings (SSSR count). The van der Waals surface area contributed by atoms with Crippen LogP contribution in [0.2, 0.25) is 0 Å². The van der Waals surface area contributed by atoms with Gasteiger partial charge in [0, 0.05) is 55.0 Å². The number of hydrogen-bond donors (Lipinski definition) is 0. The van der Waals surface area contributed by atoms with Crippen molar-refractivity contribution in [2.45, 2.75) is 5.41 Å². The molecule has 1 spiro atoms. The molecule has 2 aliphatic heterocycles. The van der Waals surface area contributed by atoms with Gasteiger partial charge < -0.3 is 13.9 Å². The highest BCUT2D eigenvalue weighted by atomic mass is 16.5. The Morgan fingerprint density at radius 1 is 0.343 bits per heavy atom. The molecule has 0 bridgehead atoms. The summed E-state index contributed by atoms with van der Waals surface area (Å²) >= 11 is 0. The first-order valence-electron chi connectivity index (χ1n) is 23.8. The SMILES string of the molecule is c1ccc(-c2nc(-c3ccccc3)nc(-c3cccc4c3c3cc(-c5ccc6c(c5)Oc5ccccc5C65c6ccccc6-n6c7ccccc7c7cccc5c76)ccc3n4-c3ccccc3)n2)cc1. The normalized spacial score (nSPS) is 14.5. The Morgan fingerprint density at radius 2 is 0.914 bits per heavy atom. The lowest BCUT2D eigenvalue weighted by atomic mass is 9.61. The van der Waals surface area contributed by atoms with Crippen molar-refractivity contribution < 1.29 is 4.74 Å². The third-order valence-electron chi connectivity index (χ3n) is 14.6. The molecule has 0 saturated heterocycles. The van der Waals surface area contributed by atoms with Crippen LogP contribution in [0.25, 0.3) is 100 Å². The van der Waals surface area contributed by atoms with Gasteiger partial charge in [0.05, 0.1) is 33.2 Å². The maximum atomic E-state index is 7.08. The zero-order valence-corrected chi connectivity index (χ0v) is 37.7. The molecule has 0 amide bonds. The van der Waals surface area contributed by atoms with Gasteiger partial charge in [-0.1, -0.05) is 182 Å². The summed E-state index contributed by atoms with van der Waals surface area (Å²) in [6.45, 7) is 0. The monoisotopic (exact) mass is 893 g/mol. The van der Waals surface area contributed by atoms with Gasteiger partial charge >= 0.3 is 0 Å². The lowest BCUT2D eigenvalue weighted by Crippen LogP contribution is -2.37. The highest BCUT2D eigenvalue weighted by Gasteiger charge is 2.50. The maximum Gasteiger partial charge on any atom is 0.164 e. The fraction of sp³-hybridized carbons (Fsp3) is 0.0156. The lowest BCUT2D eigenvalue weighted by Gasteiger charge is -2.45. The quantitative estimate of drug-likeness (QED) is 0.173. The van der Waals surface area contributed by atoms with Crippen LogP contribution < -0.4 is 4.74 Å². The Hall–Kier alpha value is -9.39. The van der Waals surface area contributed by atoms with Gasteiger partial charge in [0.2, 0.25) is 0 Å². The van der Waals surface area contributed by atoms with E-state index in [0.29, 0.717) is 17.5 Å². The van der Waals surface area contributed by atoms with E-state index in [1.54, 1.807) is 0 Å². The number of benzene rings is 10. The fourth-order valence-corrected chi connectivity index (χ4v) is 11.7. The molecule has 0 N–H and O–H groups in total. The fourth-order valence-electron chi connectivity index (χ4n) is 11.7. The Kier molecular flexibility index (Phi) is 8.18. The molecule has 0 fully saturated rings. The van der Waals surface area contributed by atoms with Gasteiger partial charge in [0.1, 0.15) is 11.5 Å². The van der Waals surface area contributed by atoms with Crippen molar-refractivity contribution in [2.75, 3.05) is 0 Å². The molecular weight excluding hydrogens is 855 g/mol. The number of aromatic nitrogens is 5. The van der Waals surface area contributed by atoms with Gasteiger partial charge in [-0.25, -0.2) is 15.0 Å². The summed E-state index contributed by atoms with van der Waals surface area (Å²) in [6, 6.07) is 84.3. The van der Waals surface area contributed by atoms with Crippen LogP contribution in [-0.4, -0.2) is 24.1 Å². The molecule has 6 nitrogen and oxygen atoms in total. The second-order valence-corrected chi connectivity index (χ2v) is 18.3. The van der Waals surface area contributed by atoms with Crippen molar-refractivity contribution in [3.63, 3.8) is 0 Å². The molecule has 3 aromatic heterocycles.